The SMILES string of the molecule is CCNc1nnc(-c2ccccc2Br)o1. The summed E-state index contributed by atoms with van der Waals surface area (Å²) in [6.45, 7) is 2.74. The van der Waals surface area contributed by atoms with Crippen LogP contribution in [0.5, 0.6) is 0 Å². The Hall–Kier alpha value is -1.36. The van der Waals surface area contributed by atoms with E-state index in [9.17, 15) is 0 Å². The lowest BCUT2D eigenvalue weighted by Gasteiger charge is -1.97. The van der Waals surface area contributed by atoms with E-state index in [1.807, 2.05) is 31.2 Å². The molecule has 0 unspecified atom stereocenters. The minimum atomic E-state index is 0.447. The van der Waals surface area contributed by atoms with Crippen LogP contribution in [0.15, 0.2) is 33.2 Å². The van der Waals surface area contributed by atoms with Crippen LogP contribution in [0.4, 0.5) is 6.01 Å². The molecule has 0 aliphatic carbocycles. The first-order valence-electron chi connectivity index (χ1n) is 4.63. The van der Waals surface area contributed by atoms with Crippen LogP contribution in [0.1, 0.15) is 6.92 Å². The molecule has 0 saturated heterocycles. The molecule has 0 saturated carbocycles. The lowest BCUT2D eigenvalue weighted by atomic mass is 10.2. The monoisotopic (exact) mass is 267 g/mol. The Balaban J connectivity index is 2.33. The number of aromatic nitrogens is 2. The molecule has 1 aromatic carbocycles. The van der Waals surface area contributed by atoms with Gasteiger partial charge in [-0.2, -0.15) is 0 Å². The Morgan fingerprint density at radius 2 is 2.13 bits per heavy atom. The van der Waals surface area contributed by atoms with Gasteiger partial charge in [-0.15, -0.1) is 5.10 Å². The number of hydrogen-bond acceptors (Lipinski definition) is 4. The van der Waals surface area contributed by atoms with E-state index in [0.717, 1.165) is 16.6 Å². The van der Waals surface area contributed by atoms with Crippen LogP contribution in [-0.4, -0.2) is 16.7 Å². The summed E-state index contributed by atoms with van der Waals surface area (Å²) in [7, 11) is 0. The lowest BCUT2D eigenvalue weighted by molar-refractivity contribution is 0.582. The highest BCUT2D eigenvalue weighted by Crippen LogP contribution is 2.27. The molecule has 0 aliphatic rings. The van der Waals surface area contributed by atoms with E-state index in [2.05, 4.69) is 31.4 Å². The van der Waals surface area contributed by atoms with Crippen molar-refractivity contribution in [3.63, 3.8) is 0 Å². The van der Waals surface area contributed by atoms with Gasteiger partial charge < -0.3 is 9.73 Å². The molecule has 0 atom stereocenters. The van der Waals surface area contributed by atoms with E-state index >= 15 is 0 Å². The van der Waals surface area contributed by atoms with Gasteiger partial charge in [-0.1, -0.05) is 17.2 Å². The van der Waals surface area contributed by atoms with Crippen LogP contribution in [0.2, 0.25) is 0 Å². The molecule has 1 N–H and O–H groups in total. The minimum Gasteiger partial charge on any atom is -0.403 e. The molecule has 2 rings (SSSR count). The Morgan fingerprint density at radius 3 is 2.87 bits per heavy atom. The predicted octanol–water partition coefficient (Wildman–Crippen LogP) is 2.93. The molecule has 2 aromatic rings. The van der Waals surface area contributed by atoms with Crippen molar-refractivity contribution in [2.75, 3.05) is 11.9 Å². The van der Waals surface area contributed by atoms with Gasteiger partial charge in [-0.05, 0) is 35.0 Å². The second-order valence-electron chi connectivity index (χ2n) is 2.92. The van der Waals surface area contributed by atoms with Crippen LogP contribution in [0.25, 0.3) is 11.5 Å². The zero-order valence-corrected chi connectivity index (χ0v) is 9.78. The number of anilines is 1. The number of nitrogens with zero attached hydrogens (tertiary/aromatic N) is 2. The fourth-order valence-electron chi connectivity index (χ4n) is 1.19. The van der Waals surface area contributed by atoms with Crippen LogP contribution in [0.3, 0.4) is 0 Å². The minimum absolute atomic E-state index is 0.447. The third kappa shape index (κ3) is 2.18. The molecule has 0 radical (unpaired) electrons. The van der Waals surface area contributed by atoms with Gasteiger partial charge in [0.05, 0.1) is 5.56 Å². The van der Waals surface area contributed by atoms with Crippen LogP contribution in [0, 0.1) is 0 Å². The fourth-order valence-corrected chi connectivity index (χ4v) is 1.64. The highest BCUT2D eigenvalue weighted by Gasteiger charge is 2.09. The summed E-state index contributed by atoms with van der Waals surface area (Å²) in [6, 6.07) is 8.18. The van der Waals surface area contributed by atoms with Gasteiger partial charge in [0, 0.05) is 11.0 Å². The predicted molar refractivity (Wildman–Crippen MR) is 61.6 cm³/mol. The van der Waals surface area contributed by atoms with Crippen molar-refractivity contribution in [1.82, 2.24) is 10.2 Å². The Bertz CT molecular complexity index is 455. The highest BCUT2D eigenvalue weighted by molar-refractivity contribution is 9.10. The standard InChI is InChI=1S/C10H10BrN3O/c1-2-12-10-14-13-9(15-10)7-5-3-4-6-8(7)11/h3-6H,2H2,1H3,(H,12,14). The molecule has 4 nitrogen and oxygen atoms in total. The van der Waals surface area contributed by atoms with Gasteiger partial charge in [0.25, 0.3) is 5.89 Å². The summed E-state index contributed by atoms with van der Waals surface area (Å²) in [5.74, 6) is 0.512. The molecule has 5 heteroatoms. The van der Waals surface area contributed by atoms with E-state index in [1.165, 1.54) is 0 Å². The average Bonchev–Trinajstić information content (AvgIpc) is 2.68. The maximum atomic E-state index is 5.43. The lowest BCUT2D eigenvalue weighted by Crippen LogP contribution is -1.95. The molecule has 1 aromatic heterocycles. The summed E-state index contributed by atoms with van der Waals surface area (Å²) in [4.78, 5) is 0. The summed E-state index contributed by atoms with van der Waals surface area (Å²) in [6.07, 6.45) is 0. The smallest absolute Gasteiger partial charge is 0.315 e. The molecular formula is C10H10BrN3O. The molecule has 0 aliphatic heterocycles. The Labute approximate surface area is 95.8 Å². The van der Waals surface area contributed by atoms with Crippen molar-refractivity contribution in [3.05, 3.63) is 28.7 Å². The second kappa shape index (κ2) is 4.44. The van der Waals surface area contributed by atoms with E-state index in [0.29, 0.717) is 11.9 Å². The third-order valence-corrected chi connectivity index (χ3v) is 2.55. The zero-order valence-electron chi connectivity index (χ0n) is 8.20. The van der Waals surface area contributed by atoms with Gasteiger partial charge in [0.1, 0.15) is 0 Å². The maximum absolute atomic E-state index is 5.43. The summed E-state index contributed by atoms with van der Waals surface area (Å²) >= 11 is 3.43. The molecule has 0 amide bonds. The molecule has 0 fully saturated rings. The molecule has 15 heavy (non-hydrogen) atoms. The maximum Gasteiger partial charge on any atom is 0.315 e. The number of nitrogens with one attached hydrogen (secondary N) is 1. The van der Waals surface area contributed by atoms with Gasteiger partial charge in [-0.25, -0.2) is 0 Å². The second-order valence-corrected chi connectivity index (χ2v) is 3.78. The number of rotatable bonds is 3. The topological polar surface area (TPSA) is 51.0 Å². The normalized spacial score (nSPS) is 10.3. The van der Waals surface area contributed by atoms with E-state index < -0.39 is 0 Å². The van der Waals surface area contributed by atoms with Crippen LogP contribution < -0.4 is 5.32 Å². The van der Waals surface area contributed by atoms with Crippen molar-refractivity contribution in [2.45, 2.75) is 6.92 Å². The van der Waals surface area contributed by atoms with E-state index in [1.54, 1.807) is 0 Å². The third-order valence-electron chi connectivity index (χ3n) is 1.86. The van der Waals surface area contributed by atoms with E-state index in [4.69, 9.17) is 4.42 Å². The largest absolute Gasteiger partial charge is 0.403 e. The van der Waals surface area contributed by atoms with Gasteiger partial charge in [0.15, 0.2) is 0 Å². The van der Waals surface area contributed by atoms with E-state index in [-0.39, 0.29) is 0 Å². The quantitative estimate of drug-likeness (QED) is 0.929. The average molecular weight is 268 g/mol. The van der Waals surface area contributed by atoms with Gasteiger partial charge >= 0.3 is 6.01 Å². The Morgan fingerprint density at radius 1 is 1.33 bits per heavy atom. The van der Waals surface area contributed by atoms with Gasteiger partial charge in [0.2, 0.25) is 0 Å². The fraction of sp³-hybridized carbons (Fsp3) is 0.200. The number of halogens is 1. The molecule has 0 bridgehead atoms. The summed E-state index contributed by atoms with van der Waals surface area (Å²) in [5, 5.41) is 10.8. The highest BCUT2D eigenvalue weighted by atomic mass is 79.9. The van der Waals surface area contributed by atoms with Gasteiger partial charge in [-0.3, -0.25) is 0 Å². The van der Waals surface area contributed by atoms with Crippen molar-refractivity contribution < 1.29 is 4.42 Å². The molecule has 78 valence electrons. The molecular weight excluding hydrogens is 258 g/mol. The molecule has 1 heterocycles. The number of hydrogen-bond donors (Lipinski definition) is 1. The first kappa shape index (κ1) is 10.2. The van der Waals surface area contributed by atoms with Crippen molar-refractivity contribution in [3.8, 4) is 11.5 Å². The van der Waals surface area contributed by atoms with Crippen LogP contribution in [-0.2, 0) is 0 Å². The van der Waals surface area contributed by atoms with Crippen LogP contribution >= 0.6 is 15.9 Å². The summed E-state index contributed by atoms with van der Waals surface area (Å²) in [5.41, 5.74) is 0.897. The van der Waals surface area contributed by atoms with Crippen molar-refractivity contribution in [1.29, 1.82) is 0 Å². The molecule has 0 spiro atoms. The number of benzene rings is 1. The first-order valence-corrected chi connectivity index (χ1v) is 5.43. The first-order chi connectivity index (χ1) is 7.31. The zero-order chi connectivity index (χ0) is 10.7. The van der Waals surface area contributed by atoms with Crippen molar-refractivity contribution >= 4 is 21.9 Å². The Kier molecular flexibility index (Phi) is 3.01. The van der Waals surface area contributed by atoms with Crippen molar-refractivity contribution in [2.24, 2.45) is 0 Å². The summed E-state index contributed by atoms with van der Waals surface area (Å²) < 4.78 is 6.37.